The van der Waals surface area contributed by atoms with E-state index in [1.807, 2.05) is 12.1 Å². The molecule has 0 aliphatic heterocycles. The normalized spacial score (nSPS) is 11.6. The molecule has 61 heavy (non-hydrogen) atoms. The van der Waals surface area contributed by atoms with Gasteiger partial charge in [-0.2, -0.15) is 0 Å². The van der Waals surface area contributed by atoms with E-state index in [1.54, 1.807) is 0 Å². The van der Waals surface area contributed by atoms with Gasteiger partial charge in [-0.1, -0.05) is 158 Å². The molecule has 12 aromatic rings. The first-order valence-electron chi connectivity index (χ1n) is 20.8. The van der Waals surface area contributed by atoms with Crippen molar-refractivity contribution in [2.45, 2.75) is 0 Å². The monoisotopic (exact) mass is 778 g/mol. The highest BCUT2D eigenvalue weighted by Gasteiger charge is 2.16. The molecular weight excluding hydrogens is 741 g/mol. The zero-order chi connectivity index (χ0) is 40.3. The third-order valence-electron chi connectivity index (χ3n) is 12.2. The molecule has 286 valence electrons. The molecule has 12 rings (SSSR count). The molecule has 0 bridgehead atoms. The quantitative estimate of drug-likeness (QED) is 0.161. The maximum absolute atomic E-state index is 6.18. The SMILES string of the molecule is c1ccc2cc(N(c3ccc(-c4ccc(-c5cccc6oc7ccccc7c56)cc4)cc3)c3ccc(-c4ccc(-n5c6ccccc6c6ccccc65)cc4)cc3)ccc2c1. The smallest absolute Gasteiger partial charge is 0.136 e. The minimum atomic E-state index is 0.911. The molecule has 0 saturated carbocycles. The predicted octanol–water partition coefficient (Wildman–Crippen LogP) is 16.3. The summed E-state index contributed by atoms with van der Waals surface area (Å²) in [5.41, 5.74) is 15.8. The van der Waals surface area contributed by atoms with Crippen LogP contribution in [0.2, 0.25) is 0 Å². The number of rotatable bonds is 7. The van der Waals surface area contributed by atoms with Gasteiger partial charge in [0.05, 0.1) is 11.0 Å². The number of hydrogen-bond donors (Lipinski definition) is 0. The number of hydrogen-bond acceptors (Lipinski definition) is 2. The van der Waals surface area contributed by atoms with Gasteiger partial charge in [0.15, 0.2) is 0 Å². The minimum absolute atomic E-state index is 0.911. The Morgan fingerprint density at radius 2 is 0.803 bits per heavy atom. The van der Waals surface area contributed by atoms with E-state index in [0.29, 0.717) is 0 Å². The molecule has 2 aromatic heterocycles. The number of nitrogens with zero attached hydrogens (tertiary/aromatic N) is 2. The summed E-state index contributed by atoms with van der Waals surface area (Å²) in [6, 6.07) is 82.9. The molecule has 0 atom stereocenters. The summed E-state index contributed by atoms with van der Waals surface area (Å²) in [7, 11) is 0. The highest BCUT2D eigenvalue weighted by Crippen LogP contribution is 2.40. The van der Waals surface area contributed by atoms with Crippen molar-refractivity contribution < 1.29 is 4.42 Å². The average molecular weight is 779 g/mol. The Bertz CT molecular complexity index is 3500. The third-order valence-corrected chi connectivity index (χ3v) is 12.2. The van der Waals surface area contributed by atoms with Crippen LogP contribution in [0.4, 0.5) is 17.1 Å². The highest BCUT2D eigenvalue weighted by atomic mass is 16.3. The lowest BCUT2D eigenvalue weighted by Gasteiger charge is -2.26. The van der Waals surface area contributed by atoms with Crippen LogP contribution in [0.15, 0.2) is 235 Å². The summed E-state index contributed by atoms with van der Waals surface area (Å²) in [5.74, 6) is 0. The Kier molecular flexibility index (Phi) is 8.17. The second kappa shape index (κ2) is 14.3. The van der Waals surface area contributed by atoms with E-state index >= 15 is 0 Å². The highest BCUT2D eigenvalue weighted by molar-refractivity contribution is 6.12. The fraction of sp³-hybridized carbons (Fsp3) is 0. The molecule has 0 amide bonds. The largest absolute Gasteiger partial charge is 0.456 e. The molecule has 0 spiro atoms. The number of aromatic nitrogens is 1. The van der Waals surface area contributed by atoms with Gasteiger partial charge in [-0.05, 0) is 117 Å². The van der Waals surface area contributed by atoms with Gasteiger partial charge in [-0.25, -0.2) is 0 Å². The summed E-state index contributed by atoms with van der Waals surface area (Å²) < 4.78 is 8.55. The van der Waals surface area contributed by atoms with E-state index in [4.69, 9.17) is 4.42 Å². The van der Waals surface area contributed by atoms with Crippen LogP contribution in [-0.2, 0) is 0 Å². The standard InChI is InChI=1S/C58H38N2O/c1-2-11-45-38-49(37-30-39(45)10-1)59(46-31-24-41(25-32-46)40-20-22-44(23-21-40)50-15-9-19-57-58(50)53-14-5-8-18-56(53)61-57)47-33-26-42(27-34-47)43-28-35-48(36-29-43)60-54-16-6-3-12-51(54)52-13-4-7-17-55(52)60/h1-38H. The summed E-state index contributed by atoms with van der Waals surface area (Å²) in [4.78, 5) is 2.35. The molecule has 3 heteroatoms. The van der Waals surface area contributed by atoms with E-state index in [1.165, 1.54) is 66.0 Å². The summed E-state index contributed by atoms with van der Waals surface area (Å²) in [6.07, 6.45) is 0. The van der Waals surface area contributed by atoms with Crippen molar-refractivity contribution in [3.63, 3.8) is 0 Å². The second-order valence-electron chi connectivity index (χ2n) is 15.7. The number of benzene rings is 10. The van der Waals surface area contributed by atoms with Crippen molar-refractivity contribution >= 4 is 71.6 Å². The maximum atomic E-state index is 6.18. The minimum Gasteiger partial charge on any atom is -0.456 e. The first-order chi connectivity index (χ1) is 30.2. The number of anilines is 3. The van der Waals surface area contributed by atoms with Crippen LogP contribution >= 0.6 is 0 Å². The van der Waals surface area contributed by atoms with Gasteiger partial charge in [-0.15, -0.1) is 0 Å². The van der Waals surface area contributed by atoms with Gasteiger partial charge in [0.1, 0.15) is 11.2 Å². The Morgan fingerprint density at radius 1 is 0.328 bits per heavy atom. The van der Waals surface area contributed by atoms with Crippen molar-refractivity contribution in [3.05, 3.63) is 231 Å². The van der Waals surface area contributed by atoms with Crippen molar-refractivity contribution in [1.29, 1.82) is 0 Å². The molecule has 3 nitrogen and oxygen atoms in total. The number of para-hydroxylation sites is 3. The fourth-order valence-corrected chi connectivity index (χ4v) is 9.23. The van der Waals surface area contributed by atoms with Gasteiger partial charge in [0, 0.05) is 44.3 Å². The van der Waals surface area contributed by atoms with Crippen LogP contribution in [-0.4, -0.2) is 4.57 Å². The zero-order valence-electron chi connectivity index (χ0n) is 33.2. The van der Waals surface area contributed by atoms with E-state index in [9.17, 15) is 0 Å². The van der Waals surface area contributed by atoms with Crippen LogP contribution < -0.4 is 4.90 Å². The van der Waals surface area contributed by atoms with E-state index in [2.05, 4.69) is 228 Å². The van der Waals surface area contributed by atoms with Crippen molar-refractivity contribution in [2.24, 2.45) is 0 Å². The molecule has 0 radical (unpaired) electrons. The Labute approximate surface area is 353 Å². The molecule has 0 aliphatic rings. The van der Waals surface area contributed by atoms with Crippen LogP contribution in [0.25, 0.3) is 93.6 Å². The van der Waals surface area contributed by atoms with Crippen molar-refractivity contribution in [3.8, 4) is 39.1 Å². The third kappa shape index (κ3) is 5.98. The molecule has 0 N–H and O–H groups in total. The lowest BCUT2D eigenvalue weighted by atomic mass is 9.97. The first kappa shape index (κ1) is 34.9. The Balaban J connectivity index is 0.864. The van der Waals surface area contributed by atoms with Crippen LogP contribution in [0.1, 0.15) is 0 Å². The van der Waals surface area contributed by atoms with Gasteiger partial charge >= 0.3 is 0 Å². The second-order valence-corrected chi connectivity index (χ2v) is 15.7. The Hall–Kier alpha value is -8.14. The molecule has 0 aliphatic carbocycles. The lowest BCUT2D eigenvalue weighted by molar-refractivity contribution is 0.669. The topological polar surface area (TPSA) is 21.3 Å². The van der Waals surface area contributed by atoms with Gasteiger partial charge in [0.2, 0.25) is 0 Å². The van der Waals surface area contributed by atoms with Gasteiger partial charge in [-0.3, -0.25) is 0 Å². The first-order valence-corrected chi connectivity index (χ1v) is 20.8. The average Bonchev–Trinajstić information content (AvgIpc) is 3.88. The van der Waals surface area contributed by atoms with E-state index in [0.717, 1.165) is 44.7 Å². The van der Waals surface area contributed by atoms with Crippen LogP contribution in [0.3, 0.4) is 0 Å². The molecular formula is C58H38N2O. The predicted molar refractivity (Wildman–Crippen MR) is 257 cm³/mol. The number of fused-ring (bicyclic) bond motifs is 7. The van der Waals surface area contributed by atoms with Crippen LogP contribution in [0.5, 0.6) is 0 Å². The Morgan fingerprint density at radius 3 is 1.44 bits per heavy atom. The molecule has 0 unspecified atom stereocenters. The van der Waals surface area contributed by atoms with Gasteiger partial charge < -0.3 is 13.9 Å². The summed E-state index contributed by atoms with van der Waals surface area (Å²) in [5, 5.41) is 7.27. The number of furan rings is 1. The van der Waals surface area contributed by atoms with Crippen molar-refractivity contribution in [1.82, 2.24) is 4.57 Å². The fourth-order valence-electron chi connectivity index (χ4n) is 9.23. The molecule has 0 saturated heterocycles. The van der Waals surface area contributed by atoms with E-state index < -0.39 is 0 Å². The van der Waals surface area contributed by atoms with Crippen LogP contribution in [0, 0.1) is 0 Å². The molecule has 10 aromatic carbocycles. The maximum Gasteiger partial charge on any atom is 0.136 e. The lowest BCUT2D eigenvalue weighted by Crippen LogP contribution is -2.09. The van der Waals surface area contributed by atoms with Crippen molar-refractivity contribution in [2.75, 3.05) is 4.90 Å². The molecule has 2 heterocycles. The zero-order valence-corrected chi connectivity index (χ0v) is 33.2. The summed E-state index contributed by atoms with van der Waals surface area (Å²) >= 11 is 0. The van der Waals surface area contributed by atoms with E-state index in [-0.39, 0.29) is 0 Å². The summed E-state index contributed by atoms with van der Waals surface area (Å²) in [6.45, 7) is 0. The molecule has 0 fully saturated rings. The van der Waals surface area contributed by atoms with Gasteiger partial charge in [0.25, 0.3) is 0 Å².